The Morgan fingerprint density at radius 2 is 2.05 bits per heavy atom. The van der Waals surface area contributed by atoms with E-state index in [0.29, 0.717) is 24.8 Å². The molecule has 5 nitrogen and oxygen atoms in total. The molecule has 0 radical (unpaired) electrons. The summed E-state index contributed by atoms with van der Waals surface area (Å²) in [5, 5.41) is 18.6. The van der Waals surface area contributed by atoms with Gasteiger partial charge in [0.2, 0.25) is 0 Å². The lowest BCUT2D eigenvalue weighted by molar-refractivity contribution is 0.0476. The largest absolute Gasteiger partial charge is 0.388 e. The van der Waals surface area contributed by atoms with Crippen LogP contribution in [0.3, 0.4) is 0 Å². The Balaban J connectivity index is 2.30. The maximum absolute atomic E-state index is 11.8. The molecule has 1 heterocycles. The molecule has 1 unspecified atom stereocenters. The first-order chi connectivity index (χ1) is 10.2. The number of amides is 2. The monoisotopic (exact) mass is 327 g/mol. The quantitative estimate of drug-likeness (QED) is 0.686. The van der Waals surface area contributed by atoms with Gasteiger partial charge in [-0.05, 0) is 31.6 Å². The van der Waals surface area contributed by atoms with Crippen LogP contribution in [0.15, 0.2) is 5.38 Å². The first kappa shape index (κ1) is 18.9. The van der Waals surface area contributed by atoms with E-state index in [-0.39, 0.29) is 12.6 Å². The molecule has 0 aliphatic carbocycles. The van der Waals surface area contributed by atoms with Crippen molar-refractivity contribution in [1.82, 2.24) is 15.6 Å². The Bertz CT molecular complexity index is 470. The van der Waals surface area contributed by atoms with Crippen LogP contribution in [0.2, 0.25) is 0 Å². The van der Waals surface area contributed by atoms with E-state index in [1.165, 1.54) is 0 Å². The third-order valence-electron chi connectivity index (χ3n) is 3.45. The van der Waals surface area contributed by atoms with E-state index in [0.717, 1.165) is 17.1 Å². The highest BCUT2D eigenvalue weighted by Gasteiger charge is 2.21. The predicted octanol–water partition coefficient (Wildman–Crippen LogP) is 3.25. The second kappa shape index (κ2) is 8.48. The zero-order chi connectivity index (χ0) is 16.8. The molecule has 0 aliphatic rings. The normalized spacial score (nSPS) is 14.2. The molecular weight excluding hydrogens is 298 g/mol. The molecule has 0 saturated carbocycles. The number of rotatable bonds is 8. The number of aromatic nitrogens is 1. The summed E-state index contributed by atoms with van der Waals surface area (Å²) in [7, 11) is 0. The molecule has 2 amide bonds. The van der Waals surface area contributed by atoms with Crippen LogP contribution < -0.4 is 10.6 Å². The summed E-state index contributed by atoms with van der Waals surface area (Å²) in [6, 6.07) is -0.272. The number of carbonyl (C=O) groups excluding carboxylic acids is 1. The number of carbonyl (C=O) groups is 1. The standard InChI is InChI=1S/C16H29N3O2S/c1-11(2)6-7-16(5,21)10-18-15(20)17-8-14-19-13(9-22-14)12(3)4/h9,11-12,21H,6-8,10H2,1-5H3,(H2,17,18,20). The molecule has 6 heteroatoms. The van der Waals surface area contributed by atoms with Gasteiger partial charge < -0.3 is 15.7 Å². The van der Waals surface area contributed by atoms with E-state index >= 15 is 0 Å². The van der Waals surface area contributed by atoms with Gasteiger partial charge in [-0.25, -0.2) is 9.78 Å². The van der Waals surface area contributed by atoms with Crippen LogP contribution in [0, 0.1) is 5.92 Å². The minimum absolute atomic E-state index is 0.251. The fourth-order valence-electron chi connectivity index (χ4n) is 1.85. The van der Waals surface area contributed by atoms with Gasteiger partial charge in [0.25, 0.3) is 0 Å². The van der Waals surface area contributed by atoms with E-state index in [4.69, 9.17) is 0 Å². The molecule has 126 valence electrons. The fraction of sp³-hybridized carbons (Fsp3) is 0.750. The molecule has 22 heavy (non-hydrogen) atoms. The molecular formula is C16H29N3O2S. The van der Waals surface area contributed by atoms with Crippen molar-refractivity contribution in [3.63, 3.8) is 0 Å². The van der Waals surface area contributed by atoms with E-state index in [9.17, 15) is 9.90 Å². The second-order valence-corrected chi connectivity index (χ2v) is 7.73. The average Bonchev–Trinajstić information content (AvgIpc) is 2.90. The van der Waals surface area contributed by atoms with Crippen LogP contribution in [0.4, 0.5) is 4.79 Å². The predicted molar refractivity (Wildman–Crippen MR) is 91.1 cm³/mol. The zero-order valence-corrected chi connectivity index (χ0v) is 15.1. The van der Waals surface area contributed by atoms with E-state index in [1.807, 2.05) is 5.38 Å². The van der Waals surface area contributed by atoms with Gasteiger partial charge in [0.1, 0.15) is 5.01 Å². The van der Waals surface area contributed by atoms with Crippen molar-refractivity contribution in [2.75, 3.05) is 6.54 Å². The molecule has 1 rings (SSSR count). The molecule has 1 aromatic rings. The van der Waals surface area contributed by atoms with Gasteiger partial charge in [-0.15, -0.1) is 11.3 Å². The van der Waals surface area contributed by atoms with Gasteiger partial charge >= 0.3 is 6.03 Å². The Hall–Kier alpha value is -1.14. The molecule has 0 aliphatic heterocycles. The lowest BCUT2D eigenvalue weighted by Crippen LogP contribution is -2.44. The van der Waals surface area contributed by atoms with Crippen LogP contribution in [-0.2, 0) is 6.54 Å². The summed E-state index contributed by atoms with van der Waals surface area (Å²) < 4.78 is 0. The third-order valence-corrected chi connectivity index (χ3v) is 4.32. The van der Waals surface area contributed by atoms with E-state index in [1.54, 1.807) is 18.3 Å². The highest BCUT2D eigenvalue weighted by Crippen LogP contribution is 2.17. The minimum atomic E-state index is -0.867. The van der Waals surface area contributed by atoms with Crippen LogP contribution >= 0.6 is 11.3 Å². The van der Waals surface area contributed by atoms with Gasteiger partial charge in [-0.1, -0.05) is 27.7 Å². The Morgan fingerprint density at radius 3 is 2.59 bits per heavy atom. The number of thiazole rings is 1. The van der Waals surface area contributed by atoms with Crippen LogP contribution in [0.5, 0.6) is 0 Å². The average molecular weight is 327 g/mol. The van der Waals surface area contributed by atoms with Crippen molar-refractivity contribution in [1.29, 1.82) is 0 Å². The number of hydrogen-bond acceptors (Lipinski definition) is 4. The Kier molecular flexibility index (Phi) is 7.29. The fourth-order valence-corrected chi connectivity index (χ4v) is 2.74. The van der Waals surface area contributed by atoms with Crippen LogP contribution in [-0.4, -0.2) is 28.3 Å². The molecule has 1 aromatic heterocycles. The Morgan fingerprint density at radius 1 is 1.36 bits per heavy atom. The smallest absolute Gasteiger partial charge is 0.315 e. The highest BCUT2D eigenvalue weighted by atomic mass is 32.1. The topological polar surface area (TPSA) is 74.2 Å². The third kappa shape index (κ3) is 7.22. The molecule has 0 aromatic carbocycles. The first-order valence-electron chi connectivity index (χ1n) is 7.88. The maximum atomic E-state index is 11.8. The van der Waals surface area contributed by atoms with Crippen molar-refractivity contribution < 1.29 is 9.90 Å². The summed E-state index contributed by atoms with van der Waals surface area (Å²) >= 11 is 1.55. The van der Waals surface area contributed by atoms with Gasteiger partial charge in [0.05, 0.1) is 17.8 Å². The van der Waals surface area contributed by atoms with Crippen molar-refractivity contribution in [2.24, 2.45) is 5.92 Å². The summed E-state index contributed by atoms with van der Waals surface area (Å²) in [6.07, 6.45) is 1.61. The summed E-state index contributed by atoms with van der Waals surface area (Å²) in [4.78, 5) is 16.3. The molecule has 0 fully saturated rings. The van der Waals surface area contributed by atoms with Crippen molar-refractivity contribution in [3.8, 4) is 0 Å². The molecule has 0 bridgehead atoms. The van der Waals surface area contributed by atoms with Crippen molar-refractivity contribution >= 4 is 17.4 Å². The SMILES string of the molecule is CC(C)CCC(C)(O)CNC(=O)NCc1nc(C(C)C)cs1. The molecule has 0 spiro atoms. The number of urea groups is 1. The highest BCUT2D eigenvalue weighted by molar-refractivity contribution is 7.09. The number of hydrogen-bond donors (Lipinski definition) is 3. The lowest BCUT2D eigenvalue weighted by atomic mass is 9.95. The van der Waals surface area contributed by atoms with Gasteiger partial charge in [-0.2, -0.15) is 0 Å². The van der Waals surface area contributed by atoms with Crippen molar-refractivity contribution in [2.45, 2.75) is 65.5 Å². The molecule has 1 atom stereocenters. The van der Waals surface area contributed by atoms with Gasteiger partial charge in [0, 0.05) is 11.9 Å². The number of nitrogens with zero attached hydrogens (tertiary/aromatic N) is 1. The molecule has 3 N–H and O–H groups in total. The van der Waals surface area contributed by atoms with Crippen LogP contribution in [0.25, 0.3) is 0 Å². The summed E-state index contributed by atoms with van der Waals surface area (Å²) in [5.41, 5.74) is 0.187. The first-order valence-corrected chi connectivity index (χ1v) is 8.76. The minimum Gasteiger partial charge on any atom is -0.388 e. The van der Waals surface area contributed by atoms with E-state index in [2.05, 4.69) is 43.3 Å². The zero-order valence-electron chi connectivity index (χ0n) is 14.3. The van der Waals surface area contributed by atoms with Gasteiger partial charge in [0.15, 0.2) is 0 Å². The summed E-state index contributed by atoms with van der Waals surface area (Å²) in [5.74, 6) is 0.940. The maximum Gasteiger partial charge on any atom is 0.315 e. The van der Waals surface area contributed by atoms with Gasteiger partial charge in [-0.3, -0.25) is 0 Å². The Labute approximate surface area is 137 Å². The van der Waals surface area contributed by atoms with Crippen molar-refractivity contribution in [3.05, 3.63) is 16.1 Å². The van der Waals surface area contributed by atoms with Crippen LogP contribution in [0.1, 0.15) is 64.1 Å². The summed E-state index contributed by atoms with van der Waals surface area (Å²) in [6.45, 7) is 10.9. The lowest BCUT2D eigenvalue weighted by Gasteiger charge is -2.24. The number of nitrogens with one attached hydrogen (secondary N) is 2. The number of aliphatic hydroxyl groups is 1. The van der Waals surface area contributed by atoms with E-state index < -0.39 is 5.60 Å². The molecule has 0 saturated heterocycles. The second-order valence-electron chi connectivity index (χ2n) is 6.79.